The molecule has 0 bridgehead atoms. The summed E-state index contributed by atoms with van der Waals surface area (Å²) in [5.74, 6) is -1.09. The van der Waals surface area contributed by atoms with E-state index in [0.717, 1.165) is 25.7 Å². The molecule has 1 aliphatic heterocycles. The number of nitrogens with zero attached hydrogens (tertiary/aromatic N) is 1. The molecule has 2 heterocycles. The van der Waals surface area contributed by atoms with Gasteiger partial charge in [-0.3, -0.25) is 9.59 Å². The van der Waals surface area contributed by atoms with Crippen LogP contribution in [0, 0.1) is 19.8 Å². The van der Waals surface area contributed by atoms with Crippen molar-refractivity contribution in [2.75, 3.05) is 11.9 Å². The molecule has 1 fully saturated rings. The molecule has 1 aromatic heterocycles. The van der Waals surface area contributed by atoms with E-state index in [0.29, 0.717) is 11.3 Å². The van der Waals surface area contributed by atoms with E-state index in [2.05, 4.69) is 10.3 Å². The molecule has 2 aliphatic rings. The zero-order valence-electron chi connectivity index (χ0n) is 23.3. The Morgan fingerprint density at radius 3 is 2.31 bits per heavy atom. The number of aromatic amines is 1. The SMILES string of the molecule is Cc1cc(C)c(N(C)C(=O)c2cc(Cl)c3c(c2Cl)OC(C)(C2CCC(NC(=O)OC(C)(C)C)CC2)O3)c(=O)[nH]1. The Hall–Kier alpha value is -2.91. The van der Waals surface area contributed by atoms with Crippen molar-refractivity contribution in [2.45, 2.75) is 84.7 Å². The third-order valence-electron chi connectivity index (χ3n) is 7.13. The number of benzene rings is 1. The van der Waals surface area contributed by atoms with Crippen molar-refractivity contribution in [1.82, 2.24) is 10.3 Å². The fourth-order valence-electron chi connectivity index (χ4n) is 5.30. The van der Waals surface area contributed by atoms with Gasteiger partial charge in [0.2, 0.25) is 0 Å². The van der Waals surface area contributed by atoms with Crippen molar-refractivity contribution in [3.63, 3.8) is 0 Å². The van der Waals surface area contributed by atoms with E-state index < -0.39 is 23.4 Å². The Morgan fingerprint density at radius 1 is 1.10 bits per heavy atom. The summed E-state index contributed by atoms with van der Waals surface area (Å²) in [7, 11) is 1.51. The van der Waals surface area contributed by atoms with E-state index in [-0.39, 0.29) is 50.3 Å². The molecule has 1 atom stereocenters. The lowest BCUT2D eigenvalue weighted by Gasteiger charge is -2.37. The molecule has 0 saturated heterocycles. The van der Waals surface area contributed by atoms with Gasteiger partial charge < -0.3 is 29.4 Å². The number of aryl methyl sites for hydroxylation is 2. The second-order valence-electron chi connectivity index (χ2n) is 11.5. The molecule has 9 nitrogen and oxygen atoms in total. The van der Waals surface area contributed by atoms with Crippen LogP contribution in [0.5, 0.6) is 11.5 Å². The summed E-state index contributed by atoms with van der Waals surface area (Å²) >= 11 is 13.3. The van der Waals surface area contributed by atoms with Crippen LogP contribution in [-0.4, -0.2) is 41.5 Å². The van der Waals surface area contributed by atoms with E-state index in [1.54, 1.807) is 19.9 Å². The number of amides is 2. The quantitative estimate of drug-likeness (QED) is 0.449. The number of ether oxygens (including phenoxy) is 3. The Labute approximate surface area is 238 Å². The minimum Gasteiger partial charge on any atom is -0.447 e. The molecule has 11 heteroatoms. The van der Waals surface area contributed by atoms with Crippen LogP contribution in [0.4, 0.5) is 10.5 Å². The van der Waals surface area contributed by atoms with Crippen molar-refractivity contribution in [2.24, 2.45) is 5.92 Å². The highest BCUT2D eigenvalue weighted by Crippen LogP contribution is 2.53. The smallest absolute Gasteiger partial charge is 0.407 e. The van der Waals surface area contributed by atoms with E-state index in [1.165, 1.54) is 18.0 Å². The van der Waals surface area contributed by atoms with Gasteiger partial charge in [0.15, 0.2) is 11.5 Å². The van der Waals surface area contributed by atoms with Crippen molar-refractivity contribution in [1.29, 1.82) is 0 Å². The van der Waals surface area contributed by atoms with Gasteiger partial charge in [0.1, 0.15) is 11.3 Å². The Bertz CT molecular complexity index is 1360. The second kappa shape index (κ2) is 10.6. The van der Waals surface area contributed by atoms with Crippen LogP contribution in [-0.2, 0) is 4.74 Å². The van der Waals surface area contributed by atoms with Gasteiger partial charge in [0.25, 0.3) is 17.3 Å². The lowest BCUT2D eigenvalue weighted by Crippen LogP contribution is -2.48. The van der Waals surface area contributed by atoms with E-state index in [9.17, 15) is 14.4 Å². The zero-order valence-corrected chi connectivity index (χ0v) is 24.8. The van der Waals surface area contributed by atoms with Gasteiger partial charge in [-0.1, -0.05) is 23.2 Å². The van der Waals surface area contributed by atoms with Gasteiger partial charge in [-0.15, -0.1) is 0 Å². The third-order valence-corrected chi connectivity index (χ3v) is 7.79. The monoisotopic (exact) mass is 579 g/mol. The molecule has 39 heavy (non-hydrogen) atoms. The fourth-order valence-corrected chi connectivity index (χ4v) is 5.80. The van der Waals surface area contributed by atoms with Crippen LogP contribution < -0.4 is 25.2 Å². The normalized spacial score (nSPS) is 22.4. The first kappa shape index (κ1) is 29.1. The average molecular weight is 581 g/mol. The first-order chi connectivity index (χ1) is 18.1. The maximum Gasteiger partial charge on any atom is 0.407 e. The van der Waals surface area contributed by atoms with Crippen LogP contribution >= 0.6 is 23.2 Å². The van der Waals surface area contributed by atoms with Gasteiger partial charge in [-0.25, -0.2) is 4.79 Å². The number of hydrogen-bond acceptors (Lipinski definition) is 6. The summed E-state index contributed by atoms with van der Waals surface area (Å²) in [6.07, 6.45) is 2.47. The first-order valence-corrected chi connectivity index (χ1v) is 13.7. The first-order valence-electron chi connectivity index (χ1n) is 13.0. The summed E-state index contributed by atoms with van der Waals surface area (Å²) in [6, 6.07) is 3.22. The van der Waals surface area contributed by atoms with Gasteiger partial charge in [-0.05, 0) is 78.0 Å². The number of H-pyrrole nitrogens is 1. The second-order valence-corrected chi connectivity index (χ2v) is 12.3. The van der Waals surface area contributed by atoms with E-state index in [4.69, 9.17) is 37.4 Å². The molecule has 2 aromatic rings. The molecule has 2 amide bonds. The minimum absolute atomic E-state index is 0.00990. The van der Waals surface area contributed by atoms with Crippen LogP contribution in [0.3, 0.4) is 0 Å². The molecule has 1 saturated carbocycles. The number of rotatable bonds is 4. The largest absolute Gasteiger partial charge is 0.447 e. The van der Waals surface area contributed by atoms with Crippen LogP contribution in [0.2, 0.25) is 10.0 Å². The summed E-state index contributed by atoms with van der Waals surface area (Å²) in [6.45, 7) is 10.8. The predicted molar refractivity (Wildman–Crippen MR) is 151 cm³/mol. The Morgan fingerprint density at radius 2 is 1.72 bits per heavy atom. The predicted octanol–water partition coefficient (Wildman–Crippen LogP) is 6.15. The fraction of sp³-hybridized carbons (Fsp3) is 0.536. The summed E-state index contributed by atoms with van der Waals surface area (Å²) in [5.41, 5.74) is 0.724. The number of halogens is 2. The number of carbonyl (C=O) groups is 2. The van der Waals surface area contributed by atoms with Gasteiger partial charge in [0.05, 0.1) is 15.6 Å². The molecular weight excluding hydrogens is 545 g/mol. The molecule has 2 N–H and O–H groups in total. The Kier molecular flexibility index (Phi) is 7.89. The highest BCUT2D eigenvalue weighted by molar-refractivity contribution is 6.39. The molecule has 1 aliphatic carbocycles. The topological polar surface area (TPSA) is 110 Å². The van der Waals surface area contributed by atoms with Gasteiger partial charge in [0, 0.05) is 31.6 Å². The van der Waals surface area contributed by atoms with E-state index >= 15 is 0 Å². The number of nitrogens with one attached hydrogen (secondary N) is 2. The number of aromatic nitrogens is 1. The maximum absolute atomic E-state index is 13.5. The highest BCUT2D eigenvalue weighted by atomic mass is 35.5. The van der Waals surface area contributed by atoms with Crippen molar-refractivity contribution in [3.05, 3.63) is 49.4 Å². The summed E-state index contributed by atoms with van der Waals surface area (Å²) in [4.78, 5) is 42.2. The van der Waals surface area contributed by atoms with Crippen molar-refractivity contribution >= 4 is 40.9 Å². The zero-order chi connectivity index (χ0) is 28.9. The minimum atomic E-state index is -1.05. The molecule has 1 aromatic carbocycles. The molecular formula is C28H35Cl2N3O6. The van der Waals surface area contributed by atoms with Crippen LogP contribution in [0.25, 0.3) is 0 Å². The average Bonchev–Trinajstić information content (AvgIpc) is 3.19. The lowest BCUT2D eigenvalue weighted by atomic mass is 9.81. The summed E-state index contributed by atoms with van der Waals surface area (Å²) < 4.78 is 17.9. The van der Waals surface area contributed by atoms with Crippen molar-refractivity contribution < 1.29 is 23.8 Å². The molecule has 0 radical (unpaired) electrons. The lowest BCUT2D eigenvalue weighted by molar-refractivity contribution is -0.121. The van der Waals surface area contributed by atoms with Crippen LogP contribution in [0.15, 0.2) is 16.9 Å². The van der Waals surface area contributed by atoms with Crippen molar-refractivity contribution in [3.8, 4) is 11.5 Å². The Balaban J connectivity index is 1.50. The number of fused-ring (bicyclic) bond motifs is 1. The molecule has 212 valence electrons. The molecule has 4 rings (SSSR count). The number of hydrogen-bond donors (Lipinski definition) is 2. The number of carbonyl (C=O) groups excluding carboxylic acids is 2. The third kappa shape index (κ3) is 5.99. The highest BCUT2D eigenvalue weighted by Gasteiger charge is 2.48. The number of anilines is 1. The summed E-state index contributed by atoms with van der Waals surface area (Å²) in [5, 5.41) is 3.19. The number of pyridine rings is 1. The molecule has 1 unspecified atom stereocenters. The van der Waals surface area contributed by atoms with Gasteiger partial charge in [-0.2, -0.15) is 0 Å². The van der Waals surface area contributed by atoms with E-state index in [1.807, 2.05) is 27.7 Å². The number of alkyl carbamates (subject to hydrolysis) is 1. The maximum atomic E-state index is 13.5. The van der Waals surface area contributed by atoms with Gasteiger partial charge >= 0.3 is 6.09 Å². The standard InChI is InChI=1S/C28H35Cl2N3O6/c1-14-12-15(2)31-24(34)21(14)33(7)25(35)18-13-19(29)22-23(20(18)30)38-28(6,37-22)16-8-10-17(11-9-16)32-26(36)39-27(3,4)5/h12-13,16-17H,8-11H2,1-7H3,(H,31,34)(H,32,36). The molecule has 0 spiro atoms. The van der Waals surface area contributed by atoms with Crippen LogP contribution in [0.1, 0.15) is 75.0 Å².